The quantitative estimate of drug-likeness (QED) is 0.874. The third-order valence-electron chi connectivity index (χ3n) is 4.01. The number of nitrogens with zero attached hydrogens (tertiary/aromatic N) is 1. The first kappa shape index (κ1) is 12.1. The third kappa shape index (κ3) is 2.31. The maximum atomic E-state index is 5.86. The largest absolute Gasteiger partial charge is 0.330 e. The van der Waals surface area contributed by atoms with E-state index in [9.17, 15) is 0 Å². The van der Waals surface area contributed by atoms with Crippen molar-refractivity contribution in [3.05, 3.63) is 22.4 Å². The summed E-state index contributed by atoms with van der Waals surface area (Å²) in [7, 11) is 2.25. The first-order valence-corrected chi connectivity index (χ1v) is 7.07. The van der Waals surface area contributed by atoms with Crippen LogP contribution in [0.5, 0.6) is 0 Å². The summed E-state index contributed by atoms with van der Waals surface area (Å²) in [6.07, 6.45) is 3.96. The zero-order valence-electron chi connectivity index (χ0n) is 10.2. The molecular formula is C13H22N2S. The fourth-order valence-electron chi connectivity index (χ4n) is 2.85. The molecule has 0 amide bonds. The summed E-state index contributed by atoms with van der Waals surface area (Å²) in [5.41, 5.74) is 5.86. The van der Waals surface area contributed by atoms with Crippen molar-refractivity contribution in [2.75, 3.05) is 13.6 Å². The van der Waals surface area contributed by atoms with Gasteiger partial charge in [0.1, 0.15) is 0 Å². The minimum absolute atomic E-state index is 0.525. The number of nitrogens with two attached hydrogens (primary N) is 1. The normalized spacial score (nSPS) is 27.5. The van der Waals surface area contributed by atoms with Gasteiger partial charge in [-0.15, -0.1) is 11.3 Å². The summed E-state index contributed by atoms with van der Waals surface area (Å²) in [6.45, 7) is 3.14. The molecule has 0 saturated heterocycles. The maximum Gasteiger partial charge on any atom is 0.0413 e. The first-order valence-electron chi connectivity index (χ1n) is 6.19. The van der Waals surface area contributed by atoms with E-state index in [2.05, 4.69) is 36.4 Å². The molecule has 1 aliphatic rings. The van der Waals surface area contributed by atoms with Crippen molar-refractivity contribution < 1.29 is 0 Å². The minimum atomic E-state index is 0.525. The SMILES string of the molecule is CC(c1cccs1)N(C)C1CCCC1CN. The molecule has 1 aromatic rings. The number of thiophene rings is 1. The van der Waals surface area contributed by atoms with Crippen LogP contribution in [0.25, 0.3) is 0 Å². The molecular weight excluding hydrogens is 216 g/mol. The van der Waals surface area contributed by atoms with E-state index in [4.69, 9.17) is 5.73 Å². The van der Waals surface area contributed by atoms with Gasteiger partial charge < -0.3 is 5.73 Å². The van der Waals surface area contributed by atoms with Gasteiger partial charge in [0, 0.05) is 17.0 Å². The van der Waals surface area contributed by atoms with Gasteiger partial charge in [-0.25, -0.2) is 0 Å². The summed E-state index contributed by atoms with van der Waals surface area (Å²) in [4.78, 5) is 3.99. The number of hydrogen-bond donors (Lipinski definition) is 1. The van der Waals surface area contributed by atoms with Crippen molar-refractivity contribution in [3.8, 4) is 0 Å². The van der Waals surface area contributed by atoms with E-state index in [0.29, 0.717) is 18.0 Å². The van der Waals surface area contributed by atoms with Gasteiger partial charge in [-0.2, -0.15) is 0 Å². The van der Waals surface area contributed by atoms with Crippen LogP contribution in [-0.4, -0.2) is 24.5 Å². The van der Waals surface area contributed by atoms with Crippen LogP contribution in [0.4, 0.5) is 0 Å². The van der Waals surface area contributed by atoms with E-state index in [1.807, 2.05) is 11.3 Å². The summed E-state index contributed by atoms with van der Waals surface area (Å²) in [5.74, 6) is 0.701. The van der Waals surface area contributed by atoms with Gasteiger partial charge in [0.15, 0.2) is 0 Å². The highest BCUT2D eigenvalue weighted by Gasteiger charge is 2.31. The second-order valence-electron chi connectivity index (χ2n) is 4.85. The van der Waals surface area contributed by atoms with Gasteiger partial charge in [0.05, 0.1) is 0 Å². The Kier molecular flexibility index (Phi) is 4.00. The van der Waals surface area contributed by atoms with Gasteiger partial charge in [-0.3, -0.25) is 4.90 Å². The van der Waals surface area contributed by atoms with Crippen LogP contribution in [0.1, 0.15) is 37.1 Å². The Morgan fingerprint density at radius 2 is 2.38 bits per heavy atom. The van der Waals surface area contributed by atoms with Gasteiger partial charge in [0.25, 0.3) is 0 Å². The molecule has 3 unspecified atom stereocenters. The van der Waals surface area contributed by atoms with E-state index in [-0.39, 0.29) is 0 Å². The molecule has 1 aliphatic carbocycles. The van der Waals surface area contributed by atoms with Crippen LogP contribution in [0.3, 0.4) is 0 Å². The van der Waals surface area contributed by atoms with E-state index in [0.717, 1.165) is 6.54 Å². The molecule has 1 heterocycles. The van der Waals surface area contributed by atoms with Crippen LogP contribution in [0.2, 0.25) is 0 Å². The van der Waals surface area contributed by atoms with Gasteiger partial charge in [-0.1, -0.05) is 12.5 Å². The molecule has 90 valence electrons. The topological polar surface area (TPSA) is 29.3 Å². The van der Waals surface area contributed by atoms with Crippen molar-refractivity contribution in [2.45, 2.75) is 38.3 Å². The van der Waals surface area contributed by atoms with Gasteiger partial charge in [-0.05, 0) is 50.7 Å². The standard InChI is InChI=1S/C13H22N2S/c1-10(13-7-4-8-16-13)15(2)12-6-3-5-11(12)9-14/h4,7-8,10-12H,3,5-6,9,14H2,1-2H3. The Balaban J connectivity index is 2.04. The molecule has 1 fully saturated rings. The lowest BCUT2D eigenvalue weighted by Crippen LogP contribution is -2.38. The predicted molar refractivity (Wildman–Crippen MR) is 70.7 cm³/mol. The Labute approximate surface area is 102 Å². The van der Waals surface area contributed by atoms with Crippen molar-refractivity contribution in [2.24, 2.45) is 11.7 Å². The first-order chi connectivity index (χ1) is 7.74. The number of rotatable bonds is 4. The predicted octanol–water partition coefficient (Wildman–Crippen LogP) is 2.87. The minimum Gasteiger partial charge on any atom is -0.330 e. The van der Waals surface area contributed by atoms with Crippen molar-refractivity contribution >= 4 is 11.3 Å². The molecule has 1 saturated carbocycles. The molecule has 3 heteroatoms. The van der Waals surface area contributed by atoms with Crippen LogP contribution < -0.4 is 5.73 Å². The van der Waals surface area contributed by atoms with Gasteiger partial charge >= 0.3 is 0 Å². The molecule has 0 radical (unpaired) electrons. The Bertz CT molecular complexity index is 310. The van der Waals surface area contributed by atoms with Gasteiger partial charge in [0.2, 0.25) is 0 Å². The average Bonchev–Trinajstić information content (AvgIpc) is 2.97. The smallest absolute Gasteiger partial charge is 0.0413 e. The van der Waals surface area contributed by atoms with Crippen molar-refractivity contribution in [3.63, 3.8) is 0 Å². The van der Waals surface area contributed by atoms with Crippen LogP contribution in [-0.2, 0) is 0 Å². The second-order valence-corrected chi connectivity index (χ2v) is 5.83. The van der Waals surface area contributed by atoms with E-state index >= 15 is 0 Å². The molecule has 2 nitrogen and oxygen atoms in total. The Hall–Kier alpha value is -0.380. The lowest BCUT2D eigenvalue weighted by molar-refractivity contribution is 0.154. The number of hydrogen-bond acceptors (Lipinski definition) is 3. The molecule has 0 bridgehead atoms. The fourth-order valence-corrected chi connectivity index (χ4v) is 3.68. The highest BCUT2D eigenvalue weighted by Crippen LogP contribution is 2.34. The van der Waals surface area contributed by atoms with Crippen LogP contribution in [0, 0.1) is 5.92 Å². The summed E-state index contributed by atoms with van der Waals surface area (Å²) >= 11 is 1.85. The van der Waals surface area contributed by atoms with Crippen molar-refractivity contribution in [1.29, 1.82) is 0 Å². The Morgan fingerprint density at radius 3 is 3.00 bits per heavy atom. The van der Waals surface area contributed by atoms with Crippen LogP contribution in [0.15, 0.2) is 17.5 Å². The molecule has 2 N–H and O–H groups in total. The third-order valence-corrected chi connectivity index (χ3v) is 5.05. The highest BCUT2D eigenvalue weighted by molar-refractivity contribution is 7.10. The van der Waals surface area contributed by atoms with E-state index < -0.39 is 0 Å². The highest BCUT2D eigenvalue weighted by atomic mass is 32.1. The van der Waals surface area contributed by atoms with Crippen molar-refractivity contribution in [1.82, 2.24) is 4.90 Å². The zero-order chi connectivity index (χ0) is 11.5. The summed E-state index contributed by atoms with van der Waals surface area (Å²) in [6, 6.07) is 5.58. The monoisotopic (exact) mass is 238 g/mol. The average molecular weight is 238 g/mol. The molecule has 1 aromatic heterocycles. The summed E-state index contributed by atoms with van der Waals surface area (Å²) in [5, 5.41) is 2.16. The molecule has 2 rings (SSSR count). The van der Waals surface area contributed by atoms with E-state index in [1.165, 1.54) is 24.1 Å². The lowest BCUT2D eigenvalue weighted by Gasteiger charge is -2.33. The molecule has 16 heavy (non-hydrogen) atoms. The lowest BCUT2D eigenvalue weighted by atomic mass is 10.0. The fraction of sp³-hybridized carbons (Fsp3) is 0.692. The molecule has 0 aliphatic heterocycles. The molecule has 3 atom stereocenters. The summed E-state index contributed by atoms with van der Waals surface area (Å²) < 4.78 is 0. The zero-order valence-corrected chi connectivity index (χ0v) is 11.0. The second kappa shape index (κ2) is 5.30. The van der Waals surface area contributed by atoms with E-state index in [1.54, 1.807) is 0 Å². The molecule has 0 spiro atoms. The van der Waals surface area contributed by atoms with Crippen LogP contribution >= 0.6 is 11.3 Å². The maximum absolute atomic E-state index is 5.86. The molecule has 0 aromatic carbocycles. The Morgan fingerprint density at radius 1 is 1.56 bits per heavy atom.